The Labute approximate surface area is 101 Å². The number of hydrogen-bond donors (Lipinski definition) is 1. The van der Waals surface area contributed by atoms with Gasteiger partial charge in [0.25, 0.3) is 0 Å². The minimum absolute atomic E-state index is 0.206. The maximum atomic E-state index is 4.32. The van der Waals surface area contributed by atoms with Gasteiger partial charge < -0.3 is 5.32 Å². The van der Waals surface area contributed by atoms with Crippen molar-refractivity contribution in [1.82, 2.24) is 30.1 Å². The topological polar surface area (TPSA) is 60.6 Å². The van der Waals surface area contributed by atoms with E-state index < -0.39 is 0 Å². The molecular weight excluding hydrogens is 216 g/mol. The zero-order chi connectivity index (χ0) is 12.4. The van der Waals surface area contributed by atoms with E-state index in [4.69, 9.17) is 0 Å². The van der Waals surface area contributed by atoms with E-state index in [0.29, 0.717) is 0 Å². The number of aromatic nitrogens is 5. The molecule has 0 aliphatic rings. The van der Waals surface area contributed by atoms with Crippen molar-refractivity contribution < 1.29 is 0 Å². The van der Waals surface area contributed by atoms with Gasteiger partial charge >= 0.3 is 0 Å². The molecule has 0 radical (unpaired) electrons. The van der Waals surface area contributed by atoms with E-state index in [0.717, 1.165) is 23.8 Å². The van der Waals surface area contributed by atoms with Crippen LogP contribution in [0.25, 0.3) is 5.82 Å². The predicted octanol–water partition coefficient (Wildman–Crippen LogP) is 0.980. The smallest absolute Gasteiger partial charge is 0.177 e. The van der Waals surface area contributed by atoms with Crippen LogP contribution < -0.4 is 5.32 Å². The number of nitrogens with one attached hydrogen (secondary N) is 1. The third kappa shape index (κ3) is 2.21. The number of rotatable bonds is 4. The molecule has 0 aliphatic carbocycles. The van der Waals surface area contributed by atoms with Crippen LogP contribution in [0.1, 0.15) is 31.3 Å². The highest BCUT2D eigenvalue weighted by molar-refractivity contribution is 5.24. The molecule has 2 heterocycles. The molecular formula is C11H18N6. The van der Waals surface area contributed by atoms with Gasteiger partial charge in [0.15, 0.2) is 5.82 Å². The highest BCUT2D eigenvalue weighted by Gasteiger charge is 2.16. The molecule has 2 rings (SSSR count). The van der Waals surface area contributed by atoms with Crippen LogP contribution in [0.4, 0.5) is 0 Å². The number of aryl methyl sites for hydroxylation is 1. The molecule has 0 saturated carbocycles. The van der Waals surface area contributed by atoms with Gasteiger partial charge in [-0.25, -0.2) is 0 Å². The Morgan fingerprint density at radius 1 is 1.47 bits per heavy atom. The minimum atomic E-state index is 0.206. The fourth-order valence-corrected chi connectivity index (χ4v) is 1.88. The minimum Gasteiger partial charge on any atom is -0.309 e. The van der Waals surface area contributed by atoms with E-state index in [2.05, 4.69) is 34.6 Å². The van der Waals surface area contributed by atoms with Crippen molar-refractivity contribution in [3.8, 4) is 5.82 Å². The molecule has 1 unspecified atom stereocenters. The summed E-state index contributed by atoms with van der Waals surface area (Å²) < 4.78 is 3.52. The molecule has 1 N–H and O–H groups in total. The zero-order valence-corrected chi connectivity index (χ0v) is 10.7. The van der Waals surface area contributed by atoms with Crippen LogP contribution in [0.2, 0.25) is 0 Å². The lowest BCUT2D eigenvalue weighted by Gasteiger charge is -2.09. The van der Waals surface area contributed by atoms with E-state index in [1.54, 1.807) is 9.36 Å². The maximum Gasteiger partial charge on any atom is 0.177 e. The highest BCUT2D eigenvalue weighted by atomic mass is 15.5. The Morgan fingerprint density at radius 3 is 2.82 bits per heavy atom. The summed E-state index contributed by atoms with van der Waals surface area (Å²) in [7, 11) is 1.89. The lowest BCUT2D eigenvalue weighted by atomic mass is 10.2. The van der Waals surface area contributed by atoms with Gasteiger partial charge in [0.1, 0.15) is 5.69 Å². The largest absolute Gasteiger partial charge is 0.309 e. The van der Waals surface area contributed by atoms with Crippen molar-refractivity contribution in [3.63, 3.8) is 0 Å². The molecule has 0 aliphatic heterocycles. The fourth-order valence-electron chi connectivity index (χ4n) is 1.88. The predicted molar refractivity (Wildman–Crippen MR) is 65.0 cm³/mol. The molecule has 6 heteroatoms. The van der Waals surface area contributed by atoms with Crippen LogP contribution in [0, 0.1) is 6.92 Å². The molecule has 0 spiro atoms. The molecule has 17 heavy (non-hydrogen) atoms. The molecule has 6 nitrogen and oxygen atoms in total. The van der Waals surface area contributed by atoms with Crippen molar-refractivity contribution in [3.05, 3.63) is 23.7 Å². The van der Waals surface area contributed by atoms with Crippen LogP contribution in [-0.2, 0) is 7.05 Å². The Balaban J connectivity index is 2.32. The SMILES string of the molecule is CCNC(C)c1nnn(-c2ccn(C)n2)c1C. The molecule has 0 amide bonds. The van der Waals surface area contributed by atoms with Crippen LogP contribution in [0.15, 0.2) is 12.3 Å². The van der Waals surface area contributed by atoms with E-state index in [9.17, 15) is 0 Å². The van der Waals surface area contributed by atoms with Gasteiger partial charge in [0, 0.05) is 19.3 Å². The second kappa shape index (κ2) is 4.67. The Morgan fingerprint density at radius 2 is 2.24 bits per heavy atom. The Hall–Kier alpha value is -1.69. The first-order valence-electron chi connectivity index (χ1n) is 5.79. The molecule has 1 atom stereocenters. The first-order valence-corrected chi connectivity index (χ1v) is 5.79. The molecule has 0 bridgehead atoms. The van der Waals surface area contributed by atoms with Gasteiger partial charge in [-0.15, -0.1) is 5.10 Å². The molecule has 2 aromatic heterocycles. The summed E-state index contributed by atoms with van der Waals surface area (Å²) >= 11 is 0. The van der Waals surface area contributed by atoms with Crippen molar-refractivity contribution in [2.45, 2.75) is 26.8 Å². The highest BCUT2D eigenvalue weighted by Crippen LogP contribution is 2.16. The standard InChI is InChI=1S/C11H18N6/c1-5-12-8(2)11-9(3)17(15-13-11)10-6-7-16(4)14-10/h6-8,12H,5H2,1-4H3. The normalized spacial score (nSPS) is 12.9. The van der Waals surface area contributed by atoms with Gasteiger partial charge in [-0.2, -0.15) is 9.78 Å². The monoisotopic (exact) mass is 234 g/mol. The lowest BCUT2D eigenvalue weighted by molar-refractivity contribution is 0.579. The Kier molecular flexibility index (Phi) is 3.23. The first kappa shape index (κ1) is 11.8. The Bertz CT molecular complexity index is 498. The molecule has 92 valence electrons. The average molecular weight is 234 g/mol. The summed E-state index contributed by atoms with van der Waals surface area (Å²) in [6.07, 6.45) is 1.89. The van der Waals surface area contributed by atoms with Crippen LogP contribution in [-0.4, -0.2) is 31.3 Å². The van der Waals surface area contributed by atoms with Gasteiger partial charge in [-0.1, -0.05) is 12.1 Å². The summed E-state index contributed by atoms with van der Waals surface area (Å²) in [6, 6.07) is 2.13. The molecule has 0 saturated heterocycles. The van der Waals surface area contributed by atoms with E-state index >= 15 is 0 Å². The molecule has 2 aromatic rings. The van der Waals surface area contributed by atoms with Crippen LogP contribution >= 0.6 is 0 Å². The van der Waals surface area contributed by atoms with E-state index in [1.165, 1.54) is 0 Å². The quantitative estimate of drug-likeness (QED) is 0.856. The first-order chi connectivity index (χ1) is 8.13. The average Bonchev–Trinajstić information content (AvgIpc) is 2.85. The summed E-state index contributed by atoms with van der Waals surface area (Å²) in [5, 5.41) is 16.0. The van der Waals surface area contributed by atoms with Gasteiger partial charge in [0.05, 0.1) is 11.7 Å². The van der Waals surface area contributed by atoms with E-state index in [-0.39, 0.29) is 6.04 Å². The maximum absolute atomic E-state index is 4.32. The number of nitrogens with zero attached hydrogens (tertiary/aromatic N) is 5. The van der Waals surface area contributed by atoms with Crippen LogP contribution in [0.3, 0.4) is 0 Å². The second-order valence-electron chi connectivity index (χ2n) is 4.10. The van der Waals surface area contributed by atoms with Crippen molar-refractivity contribution >= 4 is 0 Å². The number of hydrogen-bond acceptors (Lipinski definition) is 4. The zero-order valence-electron chi connectivity index (χ0n) is 10.7. The van der Waals surface area contributed by atoms with Crippen molar-refractivity contribution in [2.24, 2.45) is 7.05 Å². The van der Waals surface area contributed by atoms with Gasteiger partial charge in [0.2, 0.25) is 0 Å². The summed E-state index contributed by atoms with van der Waals surface area (Å²) in [6.45, 7) is 7.09. The molecule has 0 aromatic carbocycles. The third-order valence-electron chi connectivity index (χ3n) is 2.77. The second-order valence-corrected chi connectivity index (χ2v) is 4.10. The summed E-state index contributed by atoms with van der Waals surface area (Å²) in [5.41, 5.74) is 2.00. The fraction of sp³-hybridized carbons (Fsp3) is 0.545. The summed E-state index contributed by atoms with van der Waals surface area (Å²) in [4.78, 5) is 0. The summed E-state index contributed by atoms with van der Waals surface area (Å²) in [5.74, 6) is 0.799. The third-order valence-corrected chi connectivity index (χ3v) is 2.77. The van der Waals surface area contributed by atoms with E-state index in [1.807, 2.05) is 26.2 Å². The van der Waals surface area contributed by atoms with Crippen molar-refractivity contribution in [1.29, 1.82) is 0 Å². The molecule has 0 fully saturated rings. The van der Waals surface area contributed by atoms with Crippen LogP contribution in [0.5, 0.6) is 0 Å². The lowest BCUT2D eigenvalue weighted by Crippen LogP contribution is -2.19. The van der Waals surface area contributed by atoms with Gasteiger partial charge in [-0.3, -0.25) is 4.68 Å². The van der Waals surface area contributed by atoms with Gasteiger partial charge in [-0.05, 0) is 20.4 Å². The van der Waals surface area contributed by atoms with Crippen molar-refractivity contribution in [2.75, 3.05) is 6.54 Å².